The third kappa shape index (κ3) is 1.38. The highest BCUT2D eigenvalue weighted by molar-refractivity contribution is 5.66. The number of carbonyl (C=O) groups is 1. The molecule has 0 aromatic heterocycles. The Bertz CT molecular complexity index is 466. The number of carboxylic acid groups (broad SMARTS) is 1. The van der Waals surface area contributed by atoms with Crippen LogP contribution in [0, 0.1) is 0 Å². The van der Waals surface area contributed by atoms with E-state index in [1.165, 1.54) is 4.90 Å². The minimum absolute atomic E-state index is 0.133. The number of fused-ring (bicyclic) bond motifs is 1. The lowest BCUT2D eigenvalue weighted by atomic mass is 10.0. The van der Waals surface area contributed by atoms with Gasteiger partial charge in [0.15, 0.2) is 0 Å². The van der Waals surface area contributed by atoms with Gasteiger partial charge >= 0.3 is 6.09 Å². The molecule has 1 fully saturated rings. The maximum atomic E-state index is 10.9. The Morgan fingerprint density at radius 3 is 2.62 bits per heavy atom. The number of hydrogen-bond acceptors (Lipinski definition) is 2. The molecule has 0 unspecified atom stereocenters. The number of rotatable bonds is 1. The summed E-state index contributed by atoms with van der Waals surface area (Å²) in [5.41, 5.74) is 9.36. The van der Waals surface area contributed by atoms with E-state index in [1.54, 1.807) is 0 Å². The highest BCUT2D eigenvalue weighted by atomic mass is 16.4. The van der Waals surface area contributed by atoms with Crippen molar-refractivity contribution in [3.05, 3.63) is 34.9 Å². The van der Waals surface area contributed by atoms with Gasteiger partial charge in [-0.15, -0.1) is 0 Å². The van der Waals surface area contributed by atoms with E-state index >= 15 is 0 Å². The lowest BCUT2D eigenvalue weighted by molar-refractivity contribution is 0.145. The fourth-order valence-electron chi connectivity index (χ4n) is 2.26. The van der Waals surface area contributed by atoms with Crippen LogP contribution in [0.15, 0.2) is 18.2 Å². The maximum Gasteiger partial charge on any atom is 0.407 e. The molecule has 1 aromatic carbocycles. The van der Waals surface area contributed by atoms with Crippen LogP contribution < -0.4 is 5.73 Å². The summed E-state index contributed by atoms with van der Waals surface area (Å²) in [7, 11) is 0. The molecule has 4 nitrogen and oxygen atoms in total. The van der Waals surface area contributed by atoms with Crippen molar-refractivity contribution in [1.29, 1.82) is 0 Å². The smallest absolute Gasteiger partial charge is 0.407 e. The summed E-state index contributed by atoms with van der Waals surface area (Å²) in [4.78, 5) is 12.3. The molecule has 0 saturated heterocycles. The van der Waals surface area contributed by atoms with Gasteiger partial charge in [0.2, 0.25) is 0 Å². The van der Waals surface area contributed by atoms with Crippen molar-refractivity contribution < 1.29 is 9.90 Å². The third-order valence-electron chi connectivity index (χ3n) is 3.56. The molecule has 1 aliphatic heterocycles. The van der Waals surface area contributed by atoms with Crippen molar-refractivity contribution in [2.75, 3.05) is 0 Å². The molecule has 1 amide bonds. The molecule has 1 heterocycles. The molecular formula is C12H14N2O2. The minimum atomic E-state index is -0.855. The quantitative estimate of drug-likeness (QED) is 0.752. The molecule has 3 rings (SSSR count). The molecule has 1 saturated carbocycles. The molecule has 1 aromatic rings. The molecule has 0 atom stereocenters. The third-order valence-corrected chi connectivity index (χ3v) is 3.56. The van der Waals surface area contributed by atoms with Gasteiger partial charge < -0.3 is 10.8 Å². The fraction of sp³-hybridized carbons (Fsp3) is 0.417. The molecular weight excluding hydrogens is 204 g/mol. The van der Waals surface area contributed by atoms with Crippen LogP contribution in [0.4, 0.5) is 4.79 Å². The Morgan fingerprint density at radius 1 is 1.31 bits per heavy atom. The number of nitrogens with two attached hydrogens (primary N) is 1. The van der Waals surface area contributed by atoms with Crippen LogP contribution >= 0.6 is 0 Å². The van der Waals surface area contributed by atoms with E-state index < -0.39 is 6.09 Å². The Balaban J connectivity index is 1.92. The zero-order valence-corrected chi connectivity index (χ0v) is 8.94. The first kappa shape index (κ1) is 9.66. The van der Waals surface area contributed by atoms with Crippen molar-refractivity contribution in [3.63, 3.8) is 0 Å². The summed E-state index contributed by atoms with van der Waals surface area (Å²) >= 11 is 0. The summed E-state index contributed by atoms with van der Waals surface area (Å²) in [6.45, 7) is 0.997. The average Bonchev–Trinajstić information content (AvgIpc) is 2.86. The first-order valence-corrected chi connectivity index (χ1v) is 5.47. The van der Waals surface area contributed by atoms with Crippen molar-refractivity contribution in [1.82, 2.24) is 4.90 Å². The monoisotopic (exact) mass is 218 g/mol. The summed E-state index contributed by atoms with van der Waals surface area (Å²) in [5.74, 6) is 0. The Kier molecular flexibility index (Phi) is 1.80. The van der Waals surface area contributed by atoms with Crippen LogP contribution in [0.25, 0.3) is 0 Å². The van der Waals surface area contributed by atoms with E-state index in [2.05, 4.69) is 6.07 Å². The molecule has 0 spiro atoms. The van der Waals surface area contributed by atoms with Crippen molar-refractivity contribution in [3.8, 4) is 0 Å². The second-order valence-electron chi connectivity index (χ2n) is 4.78. The van der Waals surface area contributed by atoms with E-state index in [9.17, 15) is 4.79 Å². The molecule has 84 valence electrons. The predicted octanol–water partition coefficient (Wildman–Crippen LogP) is 1.63. The van der Waals surface area contributed by atoms with Gasteiger partial charge in [-0.2, -0.15) is 0 Å². The number of amides is 1. The number of benzene rings is 1. The molecule has 0 radical (unpaired) electrons. The van der Waals surface area contributed by atoms with Crippen LogP contribution in [-0.2, 0) is 18.6 Å². The highest BCUT2D eigenvalue weighted by Crippen LogP contribution is 2.43. The molecule has 3 N–H and O–H groups in total. The summed E-state index contributed by atoms with van der Waals surface area (Å²) in [5, 5.41) is 8.93. The van der Waals surface area contributed by atoms with E-state index in [0.717, 1.165) is 29.5 Å². The Hall–Kier alpha value is -1.55. The molecule has 0 bridgehead atoms. The van der Waals surface area contributed by atoms with Crippen molar-refractivity contribution >= 4 is 6.09 Å². The van der Waals surface area contributed by atoms with E-state index in [0.29, 0.717) is 13.1 Å². The SMILES string of the molecule is NC1(c2ccc3c(c2)CN(C(=O)O)C3)CC1. The molecule has 16 heavy (non-hydrogen) atoms. The topological polar surface area (TPSA) is 66.6 Å². The van der Waals surface area contributed by atoms with Crippen LogP contribution in [0.2, 0.25) is 0 Å². The first-order chi connectivity index (χ1) is 7.58. The number of nitrogens with zero attached hydrogens (tertiary/aromatic N) is 1. The lowest BCUT2D eigenvalue weighted by Crippen LogP contribution is -2.22. The van der Waals surface area contributed by atoms with Gasteiger partial charge in [0.1, 0.15) is 0 Å². The van der Waals surface area contributed by atoms with E-state index in [-0.39, 0.29) is 5.54 Å². The van der Waals surface area contributed by atoms with Gasteiger partial charge in [0, 0.05) is 18.6 Å². The van der Waals surface area contributed by atoms with E-state index in [4.69, 9.17) is 10.8 Å². The van der Waals surface area contributed by atoms with Crippen LogP contribution in [0.3, 0.4) is 0 Å². The van der Waals surface area contributed by atoms with Crippen molar-refractivity contribution in [2.24, 2.45) is 5.73 Å². The van der Waals surface area contributed by atoms with Gasteiger partial charge in [-0.3, -0.25) is 4.90 Å². The van der Waals surface area contributed by atoms with Crippen LogP contribution in [0.5, 0.6) is 0 Å². The lowest BCUT2D eigenvalue weighted by Gasteiger charge is -2.10. The standard InChI is InChI=1S/C12H14N2O2/c13-12(3-4-12)10-2-1-8-6-14(11(15)16)7-9(8)5-10/h1-2,5H,3-4,6-7,13H2,(H,15,16). The molecule has 1 aliphatic carbocycles. The summed E-state index contributed by atoms with van der Waals surface area (Å²) < 4.78 is 0. The van der Waals surface area contributed by atoms with Gasteiger partial charge in [-0.05, 0) is 29.5 Å². The van der Waals surface area contributed by atoms with Gasteiger partial charge in [-0.25, -0.2) is 4.79 Å². The zero-order valence-electron chi connectivity index (χ0n) is 8.94. The fourth-order valence-corrected chi connectivity index (χ4v) is 2.26. The zero-order chi connectivity index (χ0) is 11.3. The average molecular weight is 218 g/mol. The largest absolute Gasteiger partial charge is 0.465 e. The second kappa shape index (κ2) is 2.98. The minimum Gasteiger partial charge on any atom is -0.465 e. The van der Waals surface area contributed by atoms with Gasteiger partial charge in [0.05, 0.1) is 0 Å². The Morgan fingerprint density at radius 2 is 2.00 bits per heavy atom. The van der Waals surface area contributed by atoms with E-state index in [1.807, 2.05) is 12.1 Å². The van der Waals surface area contributed by atoms with Gasteiger partial charge in [-0.1, -0.05) is 18.2 Å². The predicted molar refractivity (Wildman–Crippen MR) is 58.8 cm³/mol. The molecule has 2 aliphatic rings. The van der Waals surface area contributed by atoms with Crippen LogP contribution in [-0.4, -0.2) is 16.1 Å². The Labute approximate surface area is 93.7 Å². The van der Waals surface area contributed by atoms with Crippen molar-refractivity contribution in [2.45, 2.75) is 31.5 Å². The summed E-state index contributed by atoms with van der Waals surface area (Å²) in [6.07, 6.45) is 1.22. The highest BCUT2D eigenvalue weighted by Gasteiger charge is 2.40. The van der Waals surface area contributed by atoms with Gasteiger partial charge in [0.25, 0.3) is 0 Å². The normalized spacial score (nSPS) is 20.7. The number of hydrogen-bond donors (Lipinski definition) is 2. The first-order valence-electron chi connectivity index (χ1n) is 5.47. The van der Waals surface area contributed by atoms with Crippen LogP contribution in [0.1, 0.15) is 29.5 Å². The maximum absolute atomic E-state index is 10.9. The summed E-state index contributed by atoms with van der Waals surface area (Å²) in [6, 6.07) is 6.13. The second-order valence-corrected chi connectivity index (χ2v) is 4.78. The molecule has 4 heteroatoms.